The molecule has 150 valence electrons. The van der Waals surface area contributed by atoms with E-state index < -0.39 is 23.3 Å². The first-order valence-corrected chi connectivity index (χ1v) is 8.75. The van der Waals surface area contributed by atoms with E-state index in [1.807, 2.05) is 0 Å². The minimum Gasteiger partial charge on any atom is -0.380 e. The van der Waals surface area contributed by atoms with Crippen molar-refractivity contribution in [1.82, 2.24) is 14.8 Å². The van der Waals surface area contributed by atoms with E-state index in [2.05, 4.69) is 21.9 Å². The zero-order valence-electron chi connectivity index (χ0n) is 15.5. The molecule has 0 amide bonds. The summed E-state index contributed by atoms with van der Waals surface area (Å²) in [6, 6.07) is 8.57. The fourth-order valence-corrected chi connectivity index (χ4v) is 2.81. The van der Waals surface area contributed by atoms with Crippen LogP contribution in [0.25, 0.3) is 0 Å². The maximum Gasteiger partial charge on any atom is 0.138 e. The Morgan fingerprint density at radius 1 is 1.14 bits per heavy atom. The van der Waals surface area contributed by atoms with E-state index in [1.165, 1.54) is 47.7 Å². The van der Waals surface area contributed by atoms with Crippen molar-refractivity contribution in [2.24, 2.45) is 0 Å². The average molecular weight is 401 g/mol. The Kier molecular flexibility index (Phi) is 6.32. The van der Waals surface area contributed by atoms with Gasteiger partial charge in [-0.05, 0) is 37.3 Å². The molecular weight excluding hydrogens is 383 g/mol. The molecule has 1 N–H and O–H groups in total. The van der Waals surface area contributed by atoms with Gasteiger partial charge in [0.05, 0.1) is 12.6 Å². The maximum absolute atomic E-state index is 14.4. The Hall–Kier alpha value is -3.15. The van der Waals surface area contributed by atoms with Gasteiger partial charge in [-0.2, -0.15) is 5.10 Å². The lowest BCUT2D eigenvalue weighted by Gasteiger charge is -2.34. The average Bonchev–Trinajstić information content (AvgIpc) is 3.19. The summed E-state index contributed by atoms with van der Waals surface area (Å²) in [5.74, 6) is 3.55. The monoisotopic (exact) mass is 401 g/mol. The Bertz CT molecular complexity index is 1010. The van der Waals surface area contributed by atoms with Crippen LogP contribution >= 0.6 is 0 Å². The number of aromatic nitrogens is 3. The van der Waals surface area contributed by atoms with Crippen LogP contribution in [0.2, 0.25) is 0 Å². The van der Waals surface area contributed by atoms with Gasteiger partial charge >= 0.3 is 0 Å². The van der Waals surface area contributed by atoms with Crippen LogP contribution in [-0.4, -0.2) is 32.6 Å². The molecule has 0 bridgehead atoms. The summed E-state index contributed by atoms with van der Waals surface area (Å²) in [6.45, 7) is 1.32. The minimum atomic E-state index is -1.86. The largest absolute Gasteiger partial charge is 0.380 e. The smallest absolute Gasteiger partial charge is 0.138 e. The normalized spacial score (nSPS) is 14.0. The van der Waals surface area contributed by atoms with Gasteiger partial charge in [-0.3, -0.25) is 0 Å². The zero-order valence-corrected chi connectivity index (χ0v) is 15.5. The third kappa shape index (κ3) is 5.02. The lowest BCUT2D eigenvalue weighted by molar-refractivity contribution is -0.111. The Labute approximate surface area is 165 Å². The number of aliphatic hydroxyl groups is 1. The molecule has 0 unspecified atom stereocenters. The molecule has 3 aromatic rings. The van der Waals surface area contributed by atoms with E-state index in [0.717, 1.165) is 6.07 Å². The summed E-state index contributed by atoms with van der Waals surface area (Å²) in [4.78, 5) is 3.81. The summed E-state index contributed by atoms with van der Waals surface area (Å²) in [6.07, 6.45) is 1.73. The number of nitrogens with zero attached hydrogens (tertiary/aromatic N) is 3. The first-order valence-electron chi connectivity index (χ1n) is 8.75. The second-order valence-electron chi connectivity index (χ2n) is 6.40. The standard InChI is InChI=1S/C21H18F3N3O2/c1-15(29-10-2-3-16-4-6-17(22)7-5-16)21(28,12-27-14-25-13-26-27)19-9-8-18(23)11-20(19)24/h4-9,11,13-15,28H,10,12H2,1H3/t15-,21-/m1/s1. The van der Waals surface area contributed by atoms with Crippen molar-refractivity contribution in [3.63, 3.8) is 0 Å². The first kappa shape index (κ1) is 20.6. The Morgan fingerprint density at radius 2 is 1.86 bits per heavy atom. The summed E-state index contributed by atoms with van der Waals surface area (Å²) < 4.78 is 47.6. The van der Waals surface area contributed by atoms with Crippen molar-refractivity contribution in [3.05, 3.63) is 83.7 Å². The summed E-state index contributed by atoms with van der Waals surface area (Å²) in [7, 11) is 0. The fraction of sp³-hybridized carbons (Fsp3) is 0.238. The van der Waals surface area contributed by atoms with Crippen LogP contribution in [0.3, 0.4) is 0 Å². The van der Waals surface area contributed by atoms with Crippen LogP contribution in [0.4, 0.5) is 13.2 Å². The van der Waals surface area contributed by atoms with Gasteiger partial charge in [0, 0.05) is 17.2 Å². The van der Waals surface area contributed by atoms with Gasteiger partial charge in [0.25, 0.3) is 0 Å². The Balaban J connectivity index is 1.79. The van der Waals surface area contributed by atoms with E-state index >= 15 is 0 Å². The number of halogens is 3. The molecule has 0 saturated carbocycles. The highest BCUT2D eigenvalue weighted by Gasteiger charge is 2.40. The zero-order chi connectivity index (χ0) is 20.9. The predicted molar refractivity (Wildman–Crippen MR) is 99.0 cm³/mol. The fourth-order valence-electron chi connectivity index (χ4n) is 2.81. The predicted octanol–water partition coefficient (Wildman–Crippen LogP) is 3.04. The molecule has 0 fully saturated rings. The van der Waals surface area contributed by atoms with Crippen LogP contribution in [0.1, 0.15) is 18.1 Å². The highest BCUT2D eigenvalue weighted by atomic mass is 19.1. The van der Waals surface area contributed by atoms with E-state index in [0.29, 0.717) is 11.6 Å². The molecule has 0 radical (unpaired) electrons. The van der Waals surface area contributed by atoms with Gasteiger partial charge in [0.1, 0.15) is 42.3 Å². The molecule has 8 heteroatoms. The second-order valence-corrected chi connectivity index (χ2v) is 6.40. The summed E-state index contributed by atoms with van der Waals surface area (Å²) in [5.41, 5.74) is -1.39. The molecule has 1 aromatic heterocycles. The van der Waals surface area contributed by atoms with Crippen LogP contribution in [0, 0.1) is 29.3 Å². The van der Waals surface area contributed by atoms with E-state index in [4.69, 9.17) is 4.74 Å². The first-order chi connectivity index (χ1) is 13.9. The van der Waals surface area contributed by atoms with Crippen molar-refractivity contribution in [1.29, 1.82) is 0 Å². The van der Waals surface area contributed by atoms with Gasteiger partial charge in [0.2, 0.25) is 0 Å². The lowest BCUT2D eigenvalue weighted by atomic mass is 9.88. The summed E-state index contributed by atoms with van der Waals surface area (Å²) in [5, 5.41) is 15.2. The van der Waals surface area contributed by atoms with Gasteiger partial charge in [-0.25, -0.2) is 22.8 Å². The van der Waals surface area contributed by atoms with Crippen molar-refractivity contribution < 1.29 is 23.0 Å². The van der Waals surface area contributed by atoms with Gasteiger partial charge in [-0.1, -0.05) is 17.9 Å². The number of rotatable bonds is 6. The topological polar surface area (TPSA) is 60.2 Å². The van der Waals surface area contributed by atoms with Crippen molar-refractivity contribution in [2.45, 2.75) is 25.2 Å². The van der Waals surface area contributed by atoms with Crippen molar-refractivity contribution in [2.75, 3.05) is 6.61 Å². The molecule has 0 aliphatic heterocycles. The third-order valence-electron chi connectivity index (χ3n) is 4.42. The molecule has 0 aliphatic rings. The minimum absolute atomic E-state index is 0.0684. The van der Waals surface area contributed by atoms with Crippen LogP contribution in [0.15, 0.2) is 55.1 Å². The highest BCUT2D eigenvalue weighted by Crippen LogP contribution is 2.31. The van der Waals surface area contributed by atoms with Crippen LogP contribution in [-0.2, 0) is 16.9 Å². The van der Waals surface area contributed by atoms with E-state index in [1.54, 1.807) is 6.92 Å². The maximum atomic E-state index is 14.4. The number of hydrogen-bond donors (Lipinski definition) is 1. The SMILES string of the molecule is C[C@@H](OCC#Cc1ccc(F)cc1)[C@](O)(Cn1cncn1)c1ccc(F)cc1F. The molecule has 29 heavy (non-hydrogen) atoms. The Morgan fingerprint density at radius 3 is 2.52 bits per heavy atom. The number of hydrogen-bond acceptors (Lipinski definition) is 4. The van der Waals surface area contributed by atoms with E-state index in [-0.39, 0.29) is 24.5 Å². The molecule has 3 rings (SSSR count). The third-order valence-corrected chi connectivity index (χ3v) is 4.42. The lowest BCUT2D eigenvalue weighted by Crippen LogP contribution is -2.44. The summed E-state index contributed by atoms with van der Waals surface area (Å²) >= 11 is 0. The van der Waals surface area contributed by atoms with Crippen LogP contribution in [0.5, 0.6) is 0 Å². The molecule has 2 aromatic carbocycles. The number of benzene rings is 2. The second kappa shape index (κ2) is 8.90. The molecule has 5 nitrogen and oxygen atoms in total. The quantitative estimate of drug-likeness (QED) is 0.645. The van der Waals surface area contributed by atoms with Gasteiger partial charge < -0.3 is 9.84 Å². The molecule has 1 heterocycles. The molecule has 0 saturated heterocycles. The number of ether oxygens (including phenoxy) is 1. The van der Waals surface area contributed by atoms with Crippen molar-refractivity contribution in [3.8, 4) is 11.8 Å². The molecule has 2 atom stereocenters. The van der Waals surface area contributed by atoms with Gasteiger partial charge in [0.15, 0.2) is 0 Å². The van der Waals surface area contributed by atoms with Crippen LogP contribution < -0.4 is 0 Å². The molecule has 0 aliphatic carbocycles. The van der Waals surface area contributed by atoms with E-state index in [9.17, 15) is 18.3 Å². The molecule has 0 spiro atoms. The molecular formula is C21H18F3N3O2. The van der Waals surface area contributed by atoms with Crippen molar-refractivity contribution >= 4 is 0 Å². The highest BCUT2D eigenvalue weighted by molar-refractivity contribution is 5.34. The van der Waals surface area contributed by atoms with Gasteiger partial charge in [-0.15, -0.1) is 0 Å².